The number of allylic oxidation sites excluding steroid dienone is 5. The van der Waals surface area contributed by atoms with Gasteiger partial charge in [-0.1, -0.05) is 32.6 Å². The second-order valence-corrected chi connectivity index (χ2v) is 7.18. The lowest BCUT2D eigenvalue weighted by molar-refractivity contribution is -0.117. The molecule has 1 unspecified atom stereocenters. The lowest BCUT2D eigenvalue weighted by Crippen LogP contribution is -2.51. The molecule has 0 spiro atoms. The Morgan fingerprint density at radius 2 is 2.13 bits per heavy atom. The summed E-state index contributed by atoms with van der Waals surface area (Å²) in [5, 5.41) is 5.19. The Bertz CT molecular complexity index is 717. The van der Waals surface area contributed by atoms with Crippen LogP contribution >= 0.6 is 0 Å². The fourth-order valence-corrected chi connectivity index (χ4v) is 2.90. The van der Waals surface area contributed by atoms with Gasteiger partial charge in [0.15, 0.2) is 0 Å². The molecule has 0 saturated heterocycles. The van der Waals surface area contributed by atoms with Gasteiger partial charge in [-0.3, -0.25) is 30.5 Å². The number of primary amides is 1. The van der Waals surface area contributed by atoms with Crippen LogP contribution in [0.2, 0.25) is 0 Å². The van der Waals surface area contributed by atoms with Crippen molar-refractivity contribution in [3.8, 4) is 0 Å². The third-order valence-electron chi connectivity index (χ3n) is 4.61. The van der Waals surface area contributed by atoms with E-state index in [1.807, 2.05) is 18.1 Å². The molecule has 0 aromatic carbocycles. The fourth-order valence-electron chi connectivity index (χ4n) is 2.90. The molecule has 7 nitrogen and oxygen atoms in total. The van der Waals surface area contributed by atoms with Crippen molar-refractivity contribution >= 4 is 18.3 Å². The summed E-state index contributed by atoms with van der Waals surface area (Å²) in [4.78, 5) is 20.0. The van der Waals surface area contributed by atoms with E-state index in [2.05, 4.69) is 59.4 Å². The van der Waals surface area contributed by atoms with Crippen molar-refractivity contribution in [1.29, 1.82) is 0 Å². The van der Waals surface area contributed by atoms with Crippen molar-refractivity contribution in [3.05, 3.63) is 47.3 Å². The minimum Gasteiger partial charge on any atom is -0.369 e. The maximum atomic E-state index is 11.3. The van der Waals surface area contributed by atoms with Gasteiger partial charge >= 0.3 is 0 Å². The van der Waals surface area contributed by atoms with Crippen LogP contribution in [0.15, 0.2) is 57.3 Å². The molecule has 0 saturated carbocycles. The highest BCUT2D eigenvalue weighted by Gasteiger charge is 2.19. The molecule has 1 aliphatic rings. The highest BCUT2D eigenvalue weighted by Crippen LogP contribution is 2.19. The number of nitrogens with zero attached hydrogens (tertiary/aromatic N) is 3. The second-order valence-electron chi connectivity index (χ2n) is 7.18. The first kappa shape index (κ1) is 25.4. The van der Waals surface area contributed by atoms with E-state index in [-0.39, 0.29) is 12.7 Å². The molecular weight excluding hydrogens is 376 g/mol. The molecule has 30 heavy (non-hydrogen) atoms. The van der Waals surface area contributed by atoms with Gasteiger partial charge in [0.25, 0.3) is 0 Å². The summed E-state index contributed by atoms with van der Waals surface area (Å²) in [6.45, 7) is 11.2. The maximum Gasteiger partial charge on any atom is 0.231 e. The van der Waals surface area contributed by atoms with Crippen molar-refractivity contribution < 1.29 is 4.79 Å². The maximum absolute atomic E-state index is 11.3. The Morgan fingerprint density at radius 3 is 2.77 bits per heavy atom. The summed E-state index contributed by atoms with van der Waals surface area (Å²) in [7, 11) is 1.74. The Labute approximate surface area is 181 Å². The monoisotopic (exact) mass is 414 g/mol. The van der Waals surface area contributed by atoms with Gasteiger partial charge in [-0.15, -0.1) is 0 Å². The van der Waals surface area contributed by atoms with E-state index in [4.69, 9.17) is 5.73 Å². The van der Waals surface area contributed by atoms with Crippen LogP contribution in [0.4, 0.5) is 0 Å². The van der Waals surface area contributed by atoms with Crippen LogP contribution in [-0.4, -0.2) is 49.6 Å². The van der Waals surface area contributed by atoms with Gasteiger partial charge in [-0.25, -0.2) is 0 Å². The molecule has 0 radical (unpaired) electrons. The van der Waals surface area contributed by atoms with Crippen molar-refractivity contribution in [3.63, 3.8) is 0 Å². The van der Waals surface area contributed by atoms with Crippen molar-refractivity contribution in [2.45, 2.75) is 59.0 Å². The van der Waals surface area contributed by atoms with Crippen LogP contribution in [0.5, 0.6) is 0 Å². The molecule has 1 rings (SSSR count). The summed E-state index contributed by atoms with van der Waals surface area (Å²) in [5.41, 5.74) is 12.6. The number of carbonyl (C=O) groups is 1. The molecule has 1 atom stereocenters. The lowest BCUT2D eigenvalue weighted by Gasteiger charge is -2.35. The first-order valence-electron chi connectivity index (χ1n) is 10.7. The minimum atomic E-state index is -0.397. The molecule has 0 aromatic heterocycles. The van der Waals surface area contributed by atoms with Crippen molar-refractivity contribution in [2.24, 2.45) is 15.7 Å². The van der Waals surface area contributed by atoms with E-state index in [0.717, 1.165) is 61.2 Å². The van der Waals surface area contributed by atoms with Crippen LogP contribution in [0.25, 0.3) is 0 Å². The molecule has 0 aliphatic heterocycles. The number of amides is 1. The average Bonchev–Trinajstić information content (AvgIpc) is 3.01. The van der Waals surface area contributed by atoms with E-state index in [1.165, 1.54) is 0 Å². The molecule has 1 aliphatic carbocycles. The molecule has 166 valence electrons. The Balaban J connectivity index is 3.38. The van der Waals surface area contributed by atoms with Crippen molar-refractivity contribution in [2.75, 3.05) is 20.1 Å². The van der Waals surface area contributed by atoms with E-state index in [1.54, 1.807) is 13.3 Å². The highest BCUT2D eigenvalue weighted by molar-refractivity contribution is 6.05. The summed E-state index contributed by atoms with van der Waals surface area (Å²) in [6, 6.07) is 0. The molecule has 7 heteroatoms. The van der Waals surface area contributed by atoms with Crippen molar-refractivity contribution in [1.82, 2.24) is 15.8 Å². The molecule has 1 amide bonds. The number of hydrogen-bond donors (Lipinski definition) is 3. The molecule has 0 bridgehead atoms. The number of aliphatic imine (C=N–C) groups is 2. The van der Waals surface area contributed by atoms with Crippen LogP contribution in [0, 0.1) is 0 Å². The van der Waals surface area contributed by atoms with Crippen LogP contribution in [-0.2, 0) is 4.79 Å². The van der Waals surface area contributed by atoms with Gasteiger partial charge in [0, 0.05) is 31.6 Å². The summed E-state index contributed by atoms with van der Waals surface area (Å²) < 4.78 is 0. The number of nitrogens with two attached hydrogens (primary N) is 1. The number of carbonyl (C=O) groups excluding carboxylic acids is 1. The number of hydrazine groups is 1. The van der Waals surface area contributed by atoms with Gasteiger partial charge in [0.2, 0.25) is 5.91 Å². The van der Waals surface area contributed by atoms with Gasteiger partial charge in [0.05, 0.1) is 24.1 Å². The fraction of sp³-hybridized carbons (Fsp3) is 0.522. The number of rotatable bonds is 13. The van der Waals surface area contributed by atoms with Crippen LogP contribution < -0.4 is 16.5 Å². The first-order chi connectivity index (χ1) is 14.4. The van der Waals surface area contributed by atoms with Gasteiger partial charge < -0.3 is 5.73 Å². The van der Waals surface area contributed by atoms with Gasteiger partial charge in [-0.2, -0.15) is 0 Å². The van der Waals surface area contributed by atoms with Gasteiger partial charge in [-0.05, 0) is 50.7 Å². The molecule has 0 fully saturated rings. The molecule has 4 N–H and O–H groups in total. The van der Waals surface area contributed by atoms with E-state index < -0.39 is 5.91 Å². The zero-order chi connectivity index (χ0) is 22.4. The SMILES string of the molecule is C=C(CC)C(NN(C1=CCCCC=C1)C(C)NCC(N)=O)=C(C=NC)C=NCCC. The molecule has 0 heterocycles. The van der Waals surface area contributed by atoms with Gasteiger partial charge in [0.1, 0.15) is 0 Å². The number of nitrogens with one attached hydrogen (secondary N) is 2. The van der Waals surface area contributed by atoms with Crippen LogP contribution in [0.1, 0.15) is 52.9 Å². The molecule has 0 aromatic rings. The third kappa shape index (κ3) is 8.78. The molecular formula is C23H38N6O. The Kier molecular flexibility index (Phi) is 12.1. The predicted octanol–water partition coefficient (Wildman–Crippen LogP) is 3.24. The van der Waals surface area contributed by atoms with E-state index in [9.17, 15) is 4.79 Å². The predicted molar refractivity (Wildman–Crippen MR) is 127 cm³/mol. The summed E-state index contributed by atoms with van der Waals surface area (Å²) in [6.07, 6.45) is 14.8. The largest absolute Gasteiger partial charge is 0.369 e. The topological polar surface area (TPSA) is 95.1 Å². The average molecular weight is 415 g/mol. The Morgan fingerprint density at radius 1 is 1.37 bits per heavy atom. The standard InChI is InChI=1S/C23H38N6O/c1-6-14-26-16-20(15-25-5)23(18(3)7-2)28-29(19(4)27-17-22(24)30)21-12-10-8-9-11-13-21/h10,12-13,15-16,19,27-28H,3,6-9,11,14,17H2,1-2,4-5H3,(H2,24,30). The Hall–Kier alpha value is -2.67. The normalized spacial score (nSPS) is 16.2. The number of hydrogen-bond acceptors (Lipinski definition) is 6. The quantitative estimate of drug-likeness (QED) is 0.187. The second kappa shape index (κ2) is 14.3. The summed E-state index contributed by atoms with van der Waals surface area (Å²) in [5.74, 6) is -0.397. The van der Waals surface area contributed by atoms with Crippen LogP contribution in [0.3, 0.4) is 0 Å². The minimum absolute atomic E-state index is 0.0886. The zero-order valence-electron chi connectivity index (χ0n) is 18.9. The third-order valence-corrected chi connectivity index (χ3v) is 4.61. The lowest BCUT2D eigenvalue weighted by atomic mass is 10.1. The van der Waals surface area contributed by atoms with E-state index in [0.29, 0.717) is 0 Å². The summed E-state index contributed by atoms with van der Waals surface area (Å²) >= 11 is 0. The highest BCUT2D eigenvalue weighted by atomic mass is 16.1. The first-order valence-corrected chi connectivity index (χ1v) is 10.7. The zero-order valence-corrected chi connectivity index (χ0v) is 18.9. The van der Waals surface area contributed by atoms with E-state index >= 15 is 0 Å². The smallest absolute Gasteiger partial charge is 0.231 e.